The van der Waals surface area contributed by atoms with Gasteiger partial charge in [-0.15, -0.1) is 0 Å². The third kappa shape index (κ3) is 4.59. The van der Waals surface area contributed by atoms with Crippen LogP contribution < -0.4 is 0 Å². The molecule has 0 aliphatic rings. The van der Waals surface area contributed by atoms with Crippen molar-refractivity contribution in [1.29, 1.82) is 0 Å². The predicted octanol–water partition coefficient (Wildman–Crippen LogP) is 2.62. The summed E-state index contributed by atoms with van der Waals surface area (Å²) in [6, 6.07) is 9.86. The molecule has 1 unspecified atom stereocenters. The standard InChI is InChI=1S/C15H23NO2/c1-4-13(2)16(10-11-18-3)12-15(17)14-8-6-5-7-9-14/h5-9,13H,4,10-12H2,1-3H3. The van der Waals surface area contributed by atoms with Gasteiger partial charge in [0.2, 0.25) is 0 Å². The van der Waals surface area contributed by atoms with Gasteiger partial charge in [-0.2, -0.15) is 0 Å². The number of hydrogen-bond donors (Lipinski definition) is 0. The lowest BCUT2D eigenvalue weighted by Crippen LogP contribution is -2.39. The molecule has 0 saturated carbocycles. The molecule has 0 fully saturated rings. The smallest absolute Gasteiger partial charge is 0.176 e. The van der Waals surface area contributed by atoms with E-state index in [1.165, 1.54) is 0 Å². The zero-order valence-electron chi connectivity index (χ0n) is 11.6. The Kier molecular flexibility index (Phi) is 6.61. The van der Waals surface area contributed by atoms with Gasteiger partial charge in [0.1, 0.15) is 0 Å². The van der Waals surface area contributed by atoms with Gasteiger partial charge in [-0.25, -0.2) is 0 Å². The van der Waals surface area contributed by atoms with Crippen molar-refractivity contribution in [2.75, 3.05) is 26.8 Å². The van der Waals surface area contributed by atoms with E-state index in [0.717, 1.165) is 18.5 Å². The van der Waals surface area contributed by atoms with E-state index >= 15 is 0 Å². The molecule has 0 aromatic heterocycles. The van der Waals surface area contributed by atoms with Crippen molar-refractivity contribution in [2.24, 2.45) is 0 Å². The molecule has 0 saturated heterocycles. The Morgan fingerprint density at radius 1 is 1.33 bits per heavy atom. The van der Waals surface area contributed by atoms with Crippen LogP contribution in [-0.2, 0) is 4.74 Å². The van der Waals surface area contributed by atoms with Crippen molar-refractivity contribution in [3.8, 4) is 0 Å². The summed E-state index contributed by atoms with van der Waals surface area (Å²) >= 11 is 0. The molecule has 0 radical (unpaired) electrons. The zero-order chi connectivity index (χ0) is 13.4. The van der Waals surface area contributed by atoms with Gasteiger partial charge in [-0.1, -0.05) is 37.3 Å². The molecule has 0 heterocycles. The number of carbonyl (C=O) groups excluding carboxylic acids is 1. The van der Waals surface area contributed by atoms with E-state index in [1.54, 1.807) is 7.11 Å². The number of nitrogens with zero attached hydrogens (tertiary/aromatic N) is 1. The Balaban J connectivity index is 2.62. The van der Waals surface area contributed by atoms with Crippen LogP contribution in [0.25, 0.3) is 0 Å². The van der Waals surface area contributed by atoms with Crippen LogP contribution in [-0.4, -0.2) is 43.5 Å². The van der Waals surface area contributed by atoms with Crippen LogP contribution in [0.2, 0.25) is 0 Å². The van der Waals surface area contributed by atoms with Gasteiger partial charge in [-0.3, -0.25) is 9.69 Å². The molecule has 1 aromatic carbocycles. The summed E-state index contributed by atoms with van der Waals surface area (Å²) in [4.78, 5) is 14.3. The second kappa shape index (κ2) is 8.01. The molecule has 3 heteroatoms. The van der Waals surface area contributed by atoms with Crippen molar-refractivity contribution < 1.29 is 9.53 Å². The van der Waals surface area contributed by atoms with E-state index < -0.39 is 0 Å². The summed E-state index contributed by atoms with van der Waals surface area (Å²) < 4.78 is 5.10. The van der Waals surface area contributed by atoms with Gasteiger partial charge in [0.15, 0.2) is 5.78 Å². The first kappa shape index (κ1) is 14.9. The van der Waals surface area contributed by atoms with Crippen molar-refractivity contribution in [2.45, 2.75) is 26.3 Å². The van der Waals surface area contributed by atoms with Crippen molar-refractivity contribution in [3.05, 3.63) is 35.9 Å². The van der Waals surface area contributed by atoms with Gasteiger partial charge in [-0.05, 0) is 13.3 Å². The van der Waals surface area contributed by atoms with Crippen molar-refractivity contribution in [3.63, 3.8) is 0 Å². The molecule has 0 amide bonds. The fourth-order valence-electron chi connectivity index (χ4n) is 1.82. The quantitative estimate of drug-likeness (QED) is 0.663. The molecule has 1 atom stereocenters. The van der Waals surface area contributed by atoms with E-state index in [4.69, 9.17) is 4.74 Å². The van der Waals surface area contributed by atoms with Gasteiger partial charge in [0.25, 0.3) is 0 Å². The maximum atomic E-state index is 12.2. The minimum absolute atomic E-state index is 0.173. The lowest BCUT2D eigenvalue weighted by atomic mass is 10.1. The number of rotatable bonds is 8. The minimum Gasteiger partial charge on any atom is -0.383 e. The van der Waals surface area contributed by atoms with Crippen LogP contribution in [0.15, 0.2) is 30.3 Å². The minimum atomic E-state index is 0.173. The molecule has 1 rings (SSSR count). The number of methoxy groups -OCH3 is 1. The Morgan fingerprint density at radius 3 is 2.56 bits per heavy atom. The third-order valence-corrected chi connectivity index (χ3v) is 3.24. The first-order chi connectivity index (χ1) is 8.69. The largest absolute Gasteiger partial charge is 0.383 e. The molecular formula is C15H23NO2. The first-order valence-corrected chi connectivity index (χ1v) is 6.50. The number of Topliss-reactive ketones (excluding diaryl/α,β-unsaturated/α-hetero) is 1. The topological polar surface area (TPSA) is 29.5 Å². The Labute approximate surface area is 110 Å². The average molecular weight is 249 g/mol. The summed E-state index contributed by atoms with van der Waals surface area (Å²) in [6.45, 7) is 6.20. The highest BCUT2D eigenvalue weighted by atomic mass is 16.5. The lowest BCUT2D eigenvalue weighted by Gasteiger charge is -2.27. The molecular weight excluding hydrogens is 226 g/mol. The summed E-state index contributed by atoms with van der Waals surface area (Å²) in [5, 5.41) is 0. The van der Waals surface area contributed by atoms with Crippen LogP contribution >= 0.6 is 0 Å². The molecule has 1 aromatic rings. The number of ketones is 1. The number of ether oxygens (including phenoxy) is 1. The van der Waals surface area contributed by atoms with Gasteiger partial charge in [0, 0.05) is 25.3 Å². The monoisotopic (exact) mass is 249 g/mol. The third-order valence-electron chi connectivity index (χ3n) is 3.24. The fraction of sp³-hybridized carbons (Fsp3) is 0.533. The zero-order valence-corrected chi connectivity index (χ0v) is 11.6. The second-order valence-electron chi connectivity index (χ2n) is 4.51. The number of carbonyl (C=O) groups is 1. The molecule has 18 heavy (non-hydrogen) atoms. The van der Waals surface area contributed by atoms with Crippen LogP contribution in [0.3, 0.4) is 0 Å². The molecule has 3 nitrogen and oxygen atoms in total. The summed E-state index contributed by atoms with van der Waals surface area (Å²) in [5.41, 5.74) is 0.781. The highest BCUT2D eigenvalue weighted by molar-refractivity contribution is 5.97. The molecule has 100 valence electrons. The summed E-state index contributed by atoms with van der Waals surface area (Å²) in [5.74, 6) is 0.173. The Bertz CT molecular complexity index is 351. The first-order valence-electron chi connectivity index (χ1n) is 6.50. The molecule has 0 spiro atoms. The van der Waals surface area contributed by atoms with Crippen LogP contribution in [0, 0.1) is 0 Å². The highest BCUT2D eigenvalue weighted by Crippen LogP contribution is 2.07. The maximum Gasteiger partial charge on any atom is 0.176 e. The molecule has 0 aliphatic carbocycles. The normalized spacial score (nSPS) is 12.7. The molecule has 0 bridgehead atoms. The maximum absolute atomic E-state index is 12.2. The van der Waals surface area contributed by atoms with E-state index in [2.05, 4.69) is 18.7 Å². The Morgan fingerprint density at radius 2 is 2.00 bits per heavy atom. The van der Waals surface area contributed by atoms with E-state index in [1.807, 2.05) is 30.3 Å². The predicted molar refractivity (Wildman–Crippen MR) is 74.0 cm³/mol. The van der Waals surface area contributed by atoms with E-state index in [9.17, 15) is 4.79 Å². The van der Waals surface area contributed by atoms with E-state index in [-0.39, 0.29) is 5.78 Å². The van der Waals surface area contributed by atoms with Crippen LogP contribution in [0.5, 0.6) is 0 Å². The average Bonchev–Trinajstić information content (AvgIpc) is 2.43. The van der Waals surface area contributed by atoms with Gasteiger partial charge >= 0.3 is 0 Å². The second-order valence-corrected chi connectivity index (χ2v) is 4.51. The fourth-order valence-corrected chi connectivity index (χ4v) is 1.82. The molecule has 0 aliphatic heterocycles. The van der Waals surface area contributed by atoms with E-state index in [0.29, 0.717) is 19.2 Å². The van der Waals surface area contributed by atoms with Crippen molar-refractivity contribution >= 4 is 5.78 Å². The number of hydrogen-bond acceptors (Lipinski definition) is 3. The van der Waals surface area contributed by atoms with Gasteiger partial charge < -0.3 is 4.74 Å². The lowest BCUT2D eigenvalue weighted by molar-refractivity contribution is 0.0834. The highest BCUT2D eigenvalue weighted by Gasteiger charge is 2.16. The van der Waals surface area contributed by atoms with Gasteiger partial charge in [0.05, 0.1) is 13.2 Å². The summed E-state index contributed by atoms with van der Waals surface area (Å²) in [7, 11) is 1.69. The summed E-state index contributed by atoms with van der Waals surface area (Å²) in [6.07, 6.45) is 1.03. The van der Waals surface area contributed by atoms with Crippen molar-refractivity contribution in [1.82, 2.24) is 4.90 Å². The van der Waals surface area contributed by atoms with Crippen LogP contribution in [0.1, 0.15) is 30.6 Å². The van der Waals surface area contributed by atoms with Crippen LogP contribution in [0.4, 0.5) is 0 Å². The SMILES string of the molecule is CCC(C)N(CCOC)CC(=O)c1ccccc1. The molecule has 0 N–H and O–H groups in total. The number of benzene rings is 1. The Hall–Kier alpha value is -1.19.